The molecule has 0 bridgehead atoms. The molecule has 1 rings (SSSR count). The van der Waals surface area contributed by atoms with E-state index < -0.39 is 16.9 Å². The van der Waals surface area contributed by atoms with E-state index in [0.29, 0.717) is 12.0 Å². The molecule has 19 heavy (non-hydrogen) atoms. The fourth-order valence-corrected chi connectivity index (χ4v) is 1.83. The first-order valence-electron chi connectivity index (χ1n) is 6.20. The van der Waals surface area contributed by atoms with Crippen molar-refractivity contribution < 1.29 is 14.8 Å². The van der Waals surface area contributed by atoms with Crippen molar-refractivity contribution in [1.82, 2.24) is 0 Å². The molecule has 104 valence electrons. The number of benzene rings is 1. The van der Waals surface area contributed by atoms with Gasteiger partial charge in [0.1, 0.15) is 11.7 Å². The van der Waals surface area contributed by atoms with Crippen molar-refractivity contribution in [2.75, 3.05) is 5.32 Å². The smallest absolute Gasteiger partial charge is 0.326 e. The number of nitrogens with one attached hydrogen (secondary N) is 1. The topological polar surface area (TPSA) is 92.5 Å². The van der Waals surface area contributed by atoms with Crippen LogP contribution in [0.25, 0.3) is 0 Å². The Kier molecular flexibility index (Phi) is 5.29. The van der Waals surface area contributed by atoms with Crippen LogP contribution in [0.1, 0.15) is 31.7 Å². The maximum absolute atomic E-state index is 11.2. The van der Waals surface area contributed by atoms with Crippen LogP contribution in [0.5, 0.6) is 0 Å². The monoisotopic (exact) mass is 266 g/mol. The summed E-state index contributed by atoms with van der Waals surface area (Å²) in [7, 11) is 0. The van der Waals surface area contributed by atoms with Crippen molar-refractivity contribution in [3.8, 4) is 0 Å². The normalized spacial score (nSPS) is 11.9. The van der Waals surface area contributed by atoms with Gasteiger partial charge in [0, 0.05) is 6.07 Å². The number of rotatable bonds is 7. The first kappa shape index (κ1) is 14.9. The molecule has 0 saturated heterocycles. The average Bonchev–Trinajstić information content (AvgIpc) is 2.35. The maximum Gasteiger partial charge on any atom is 0.326 e. The highest BCUT2D eigenvalue weighted by molar-refractivity contribution is 5.79. The number of carboxylic acid groups (broad SMARTS) is 1. The van der Waals surface area contributed by atoms with Crippen LogP contribution in [0.3, 0.4) is 0 Å². The predicted octanol–water partition coefficient (Wildman–Crippen LogP) is 2.96. The minimum absolute atomic E-state index is 0.0947. The average molecular weight is 266 g/mol. The summed E-state index contributed by atoms with van der Waals surface area (Å²) in [6.07, 6.45) is 2.07. The third-order valence-corrected chi connectivity index (χ3v) is 2.91. The molecule has 0 saturated carbocycles. The minimum Gasteiger partial charge on any atom is -0.480 e. The van der Waals surface area contributed by atoms with Crippen molar-refractivity contribution in [2.45, 2.75) is 39.2 Å². The highest BCUT2D eigenvalue weighted by Crippen LogP contribution is 2.28. The van der Waals surface area contributed by atoms with Crippen molar-refractivity contribution >= 4 is 17.3 Å². The van der Waals surface area contributed by atoms with Gasteiger partial charge in [0.25, 0.3) is 5.69 Å². The van der Waals surface area contributed by atoms with E-state index in [1.807, 2.05) is 6.92 Å². The second-order valence-corrected chi connectivity index (χ2v) is 4.40. The Bertz CT molecular complexity index is 474. The molecule has 1 atom stereocenters. The fourth-order valence-electron chi connectivity index (χ4n) is 1.83. The molecule has 0 fully saturated rings. The number of carboxylic acids is 1. The first-order valence-corrected chi connectivity index (χ1v) is 6.20. The Morgan fingerprint density at radius 3 is 2.74 bits per heavy atom. The molecular weight excluding hydrogens is 248 g/mol. The fraction of sp³-hybridized carbons (Fsp3) is 0.462. The van der Waals surface area contributed by atoms with Gasteiger partial charge in [-0.2, -0.15) is 0 Å². The molecule has 0 aliphatic heterocycles. The van der Waals surface area contributed by atoms with E-state index in [1.54, 1.807) is 19.1 Å². The van der Waals surface area contributed by atoms with Crippen LogP contribution < -0.4 is 5.32 Å². The number of hydrogen-bond acceptors (Lipinski definition) is 4. The summed E-state index contributed by atoms with van der Waals surface area (Å²) in [5.74, 6) is -0.994. The van der Waals surface area contributed by atoms with Gasteiger partial charge in [-0.25, -0.2) is 4.79 Å². The number of anilines is 1. The summed E-state index contributed by atoms with van der Waals surface area (Å²) >= 11 is 0. The first-order chi connectivity index (χ1) is 8.97. The summed E-state index contributed by atoms with van der Waals surface area (Å²) in [6.45, 7) is 3.68. The van der Waals surface area contributed by atoms with E-state index in [-0.39, 0.29) is 11.4 Å². The van der Waals surface area contributed by atoms with Crippen molar-refractivity contribution in [2.24, 2.45) is 0 Å². The van der Waals surface area contributed by atoms with E-state index in [0.717, 1.165) is 12.8 Å². The quantitative estimate of drug-likeness (QED) is 0.584. The highest BCUT2D eigenvalue weighted by Gasteiger charge is 2.22. The lowest BCUT2D eigenvalue weighted by Gasteiger charge is -2.17. The number of nitro benzene ring substituents is 1. The molecule has 0 radical (unpaired) electrons. The van der Waals surface area contributed by atoms with E-state index in [1.165, 1.54) is 6.07 Å². The number of para-hydroxylation sites is 1. The Hall–Kier alpha value is -2.11. The number of unbranched alkanes of at least 4 members (excludes halogenated alkanes) is 1. The molecule has 1 unspecified atom stereocenters. The maximum atomic E-state index is 11.2. The Labute approximate surface area is 111 Å². The van der Waals surface area contributed by atoms with E-state index >= 15 is 0 Å². The number of hydrogen-bond donors (Lipinski definition) is 2. The summed E-state index contributed by atoms with van der Waals surface area (Å²) < 4.78 is 0. The lowest BCUT2D eigenvalue weighted by atomic mass is 10.1. The zero-order valence-corrected chi connectivity index (χ0v) is 11.0. The van der Waals surface area contributed by atoms with Crippen molar-refractivity contribution in [3.63, 3.8) is 0 Å². The Balaban J connectivity index is 3.01. The molecule has 0 aromatic heterocycles. The highest BCUT2D eigenvalue weighted by atomic mass is 16.6. The largest absolute Gasteiger partial charge is 0.480 e. The van der Waals surface area contributed by atoms with Crippen LogP contribution in [0.2, 0.25) is 0 Å². The number of aryl methyl sites for hydroxylation is 1. The van der Waals surface area contributed by atoms with Crippen LogP contribution in [-0.4, -0.2) is 22.0 Å². The molecule has 0 aliphatic rings. The Morgan fingerprint density at radius 2 is 2.21 bits per heavy atom. The number of carbonyl (C=O) groups is 1. The van der Waals surface area contributed by atoms with Crippen molar-refractivity contribution in [3.05, 3.63) is 33.9 Å². The van der Waals surface area contributed by atoms with Gasteiger partial charge in [0.05, 0.1) is 4.92 Å². The second kappa shape index (κ2) is 6.72. The summed E-state index contributed by atoms with van der Waals surface area (Å²) in [5.41, 5.74) is 0.857. The molecule has 0 spiro atoms. The molecule has 1 aromatic rings. The molecular formula is C13H18N2O4. The van der Waals surface area contributed by atoms with Gasteiger partial charge in [-0.05, 0) is 18.9 Å². The molecule has 2 N–H and O–H groups in total. The predicted molar refractivity (Wildman–Crippen MR) is 72.4 cm³/mol. The zero-order valence-electron chi connectivity index (χ0n) is 11.0. The zero-order chi connectivity index (χ0) is 14.4. The van der Waals surface area contributed by atoms with Crippen LogP contribution in [0.4, 0.5) is 11.4 Å². The third kappa shape index (κ3) is 3.94. The number of nitro groups is 1. The number of aliphatic carboxylic acids is 1. The summed E-state index contributed by atoms with van der Waals surface area (Å²) in [4.78, 5) is 21.6. The molecule has 0 aliphatic carbocycles. The number of nitrogens with zero attached hydrogens (tertiary/aromatic N) is 1. The van der Waals surface area contributed by atoms with Crippen LogP contribution in [0.15, 0.2) is 18.2 Å². The van der Waals surface area contributed by atoms with Gasteiger partial charge < -0.3 is 10.4 Å². The second-order valence-electron chi connectivity index (χ2n) is 4.40. The van der Waals surface area contributed by atoms with Gasteiger partial charge in [-0.1, -0.05) is 31.9 Å². The van der Waals surface area contributed by atoms with E-state index in [4.69, 9.17) is 5.11 Å². The van der Waals surface area contributed by atoms with Crippen LogP contribution in [0, 0.1) is 17.0 Å². The summed E-state index contributed by atoms with van der Waals surface area (Å²) in [5, 5.41) is 22.9. The standard InChI is InChI=1S/C13H18N2O4/c1-3-4-7-10(13(16)17)14-12-9(2)6-5-8-11(12)15(18)19/h5-6,8,10,14H,3-4,7H2,1-2H3,(H,16,17). The Morgan fingerprint density at radius 1 is 1.53 bits per heavy atom. The van der Waals surface area contributed by atoms with Gasteiger partial charge in [-0.3, -0.25) is 10.1 Å². The molecule has 1 aromatic carbocycles. The van der Waals surface area contributed by atoms with Gasteiger partial charge in [0.2, 0.25) is 0 Å². The lowest BCUT2D eigenvalue weighted by molar-refractivity contribution is -0.384. The molecule has 0 amide bonds. The third-order valence-electron chi connectivity index (χ3n) is 2.91. The van der Waals surface area contributed by atoms with Crippen LogP contribution in [-0.2, 0) is 4.79 Å². The van der Waals surface area contributed by atoms with Crippen LogP contribution >= 0.6 is 0 Å². The molecule has 6 nitrogen and oxygen atoms in total. The molecule has 6 heteroatoms. The summed E-state index contributed by atoms with van der Waals surface area (Å²) in [6, 6.07) is 3.86. The lowest BCUT2D eigenvalue weighted by Crippen LogP contribution is -2.29. The van der Waals surface area contributed by atoms with Crippen molar-refractivity contribution in [1.29, 1.82) is 0 Å². The van der Waals surface area contributed by atoms with Gasteiger partial charge in [-0.15, -0.1) is 0 Å². The minimum atomic E-state index is -0.994. The van der Waals surface area contributed by atoms with E-state index in [9.17, 15) is 14.9 Å². The SMILES string of the molecule is CCCCC(Nc1c(C)cccc1[N+](=O)[O-])C(=O)O. The van der Waals surface area contributed by atoms with Gasteiger partial charge in [0.15, 0.2) is 0 Å². The van der Waals surface area contributed by atoms with Gasteiger partial charge >= 0.3 is 5.97 Å². The molecule has 0 heterocycles. The van der Waals surface area contributed by atoms with E-state index in [2.05, 4.69) is 5.32 Å².